The van der Waals surface area contributed by atoms with E-state index in [0.29, 0.717) is 18.4 Å². The Hall–Kier alpha value is -1.53. The van der Waals surface area contributed by atoms with Crippen LogP contribution in [-0.4, -0.2) is 25.2 Å². The quantitative estimate of drug-likeness (QED) is 0.905. The molecule has 0 bridgehead atoms. The molecule has 0 saturated carbocycles. The number of hydrogen-bond donors (Lipinski definition) is 1. The average Bonchev–Trinajstić information content (AvgIpc) is 2.41. The van der Waals surface area contributed by atoms with Crippen LogP contribution in [0, 0.1) is 11.3 Å². The Balaban J connectivity index is 2.26. The molecule has 2 unspecified atom stereocenters. The number of hydrogen-bond acceptors (Lipinski definition) is 3. The minimum absolute atomic E-state index is 0.279. The second-order valence-corrected chi connectivity index (χ2v) is 5.68. The minimum Gasteiger partial charge on any atom is -0.366 e. The SMILES string of the molecule is CC(C)c1ccccc1N1CC(CC#N)NCC1C. The molecule has 1 aliphatic heterocycles. The van der Waals surface area contributed by atoms with Crippen molar-refractivity contribution < 1.29 is 0 Å². The van der Waals surface area contributed by atoms with Gasteiger partial charge in [-0.15, -0.1) is 0 Å². The molecular formula is C16H23N3. The summed E-state index contributed by atoms with van der Waals surface area (Å²) < 4.78 is 0. The highest BCUT2D eigenvalue weighted by Gasteiger charge is 2.26. The van der Waals surface area contributed by atoms with Gasteiger partial charge in [-0.05, 0) is 24.5 Å². The first kappa shape index (κ1) is 13.9. The van der Waals surface area contributed by atoms with Crippen molar-refractivity contribution in [3.8, 4) is 6.07 Å². The molecule has 0 radical (unpaired) electrons. The zero-order valence-electron chi connectivity index (χ0n) is 12.1. The summed E-state index contributed by atoms with van der Waals surface area (Å²) in [5.41, 5.74) is 2.72. The lowest BCUT2D eigenvalue weighted by atomic mass is 9.98. The molecule has 0 amide bonds. The van der Waals surface area contributed by atoms with E-state index in [0.717, 1.165) is 13.1 Å². The number of piperazine rings is 1. The van der Waals surface area contributed by atoms with Gasteiger partial charge in [-0.3, -0.25) is 0 Å². The van der Waals surface area contributed by atoms with Crippen molar-refractivity contribution in [2.75, 3.05) is 18.0 Å². The highest BCUT2D eigenvalue weighted by atomic mass is 15.2. The van der Waals surface area contributed by atoms with Gasteiger partial charge in [-0.1, -0.05) is 32.0 Å². The summed E-state index contributed by atoms with van der Waals surface area (Å²) in [5, 5.41) is 12.3. The molecule has 0 spiro atoms. The first-order chi connectivity index (χ1) is 9.13. The molecule has 1 saturated heterocycles. The van der Waals surface area contributed by atoms with Gasteiger partial charge in [0.05, 0.1) is 12.5 Å². The Bertz CT molecular complexity index is 461. The lowest BCUT2D eigenvalue weighted by Gasteiger charge is -2.41. The topological polar surface area (TPSA) is 39.1 Å². The molecule has 1 aromatic rings. The van der Waals surface area contributed by atoms with E-state index in [9.17, 15) is 0 Å². The van der Waals surface area contributed by atoms with Crippen molar-refractivity contribution in [1.29, 1.82) is 5.26 Å². The van der Waals surface area contributed by atoms with E-state index in [1.54, 1.807) is 0 Å². The molecule has 3 nitrogen and oxygen atoms in total. The summed E-state index contributed by atoms with van der Waals surface area (Å²) >= 11 is 0. The number of nitriles is 1. The van der Waals surface area contributed by atoms with Crippen LogP contribution < -0.4 is 10.2 Å². The maximum atomic E-state index is 8.88. The number of rotatable bonds is 3. The number of nitrogens with one attached hydrogen (secondary N) is 1. The molecule has 1 heterocycles. The van der Waals surface area contributed by atoms with Gasteiger partial charge < -0.3 is 10.2 Å². The predicted octanol–water partition coefficient (Wildman–Crippen LogP) is 2.89. The second-order valence-electron chi connectivity index (χ2n) is 5.68. The number of benzene rings is 1. The van der Waals surface area contributed by atoms with Crippen LogP contribution >= 0.6 is 0 Å². The third-order valence-corrected chi connectivity index (χ3v) is 3.86. The molecular weight excluding hydrogens is 234 g/mol. The summed E-state index contributed by atoms with van der Waals surface area (Å²) in [6.07, 6.45) is 0.576. The van der Waals surface area contributed by atoms with Crippen molar-refractivity contribution in [3.05, 3.63) is 29.8 Å². The van der Waals surface area contributed by atoms with Gasteiger partial charge in [0.25, 0.3) is 0 Å². The predicted molar refractivity (Wildman–Crippen MR) is 79.4 cm³/mol. The van der Waals surface area contributed by atoms with Crippen molar-refractivity contribution >= 4 is 5.69 Å². The van der Waals surface area contributed by atoms with Gasteiger partial charge in [0, 0.05) is 30.9 Å². The van der Waals surface area contributed by atoms with Crippen molar-refractivity contribution in [3.63, 3.8) is 0 Å². The van der Waals surface area contributed by atoms with Gasteiger partial charge in [-0.25, -0.2) is 0 Å². The summed E-state index contributed by atoms with van der Waals surface area (Å²) in [6.45, 7) is 8.57. The Morgan fingerprint density at radius 2 is 2.16 bits per heavy atom. The molecule has 2 atom stereocenters. The average molecular weight is 257 g/mol. The standard InChI is InChI=1S/C16H23N3/c1-12(2)15-6-4-5-7-16(15)19-11-14(8-9-17)18-10-13(19)3/h4-7,12-14,18H,8,10-11H2,1-3H3. The molecule has 1 N–H and O–H groups in total. The van der Waals surface area contributed by atoms with Crippen LogP contribution in [0.3, 0.4) is 0 Å². The van der Waals surface area contributed by atoms with Crippen LogP contribution in [-0.2, 0) is 0 Å². The van der Waals surface area contributed by atoms with Crippen LogP contribution in [0.15, 0.2) is 24.3 Å². The molecule has 0 aromatic heterocycles. The van der Waals surface area contributed by atoms with E-state index in [2.05, 4.69) is 61.3 Å². The molecule has 1 fully saturated rings. The Kier molecular flexibility index (Phi) is 4.44. The fourth-order valence-corrected chi connectivity index (χ4v) is 2.75. The molecule has 1 aromatic carbocycles. The van der Waals surface area contributed by atoms with Crippen LogP contribution in [0.25, 0.3) is 0 Å². The van der Waals surface area contributed by atoms with Gasteiger partial charge >= 0.3 is 0 Å². The fraction of sp³-hybridized carbons (Fsp3) is 0.562. The fourth-order valence-electron chi connectivity index (χ4n) is 2.75. The number of para-hydroxylation sites is 1. The molecule has 102 valence electrons. The molecule has 3 heteroatoms. The minimum atomic E-state index is 0.279. The summed E-state index contributed by atoms with van der Waals surface area (Å²) in [6, 6.07) is 11.7. The Labute approximate surface area is 116 Å². The highest BCUT2D eigenvalue weighted by Crippen LogP contribution is 2.29. The van der Waals surface area contributed by atoms with E-state index >= 15 is 0 Å². The third-order valence-electron chi connectivity index (χ3n) is 3.86. The van der Waals surface area contributed by atoms with Crippen LogP contribution in [0.5, 0.6) is 0 Å². The van der Waals surface area contributed by atoms with Crippen molar-refractivity contribution in [2.45, 2.75) is 45.2 Å². The summed E-state index contributed by atoms with van der Waals surface area (Å²) in [5.74, 6) is 0.521. The Morgan fingerprint density at radius 1 is 1.42 bits per heavy atom. The maximum absolute atomic E-state index is 8.88. The van der Waals surface area contributed by atoms with E-state index in [4.69, 9.17) is 5.26 Å². The first-order valence-corrected chi connectivity index (χ1v) is 7.09. The smallest absolute Gasteiger partial charge is 0.0638 e. The number of nitrogens with zero attached hydrogens (tertiary/aromatic N) is 2. The zero-order valence-corrected chi connectivity index (χ0v) is 12.1. The van der Waals surface area contributed by atoms with Gasteiger partial charge in [-0.2, -0.15) is 5.26 Å². The van der Waals surface area contributed by atoms with E-state index < -0.39 is 0 Å². The van der Waals surface area contributed by atoms with E-state index in [1.807, 2.05) is 0 Å². The summed E-state index contributed by atoms with van der Waals surface area (Å²) in [7, 11) is 0. The first-order valence-electron chi connectivity index (χ1n) is 7.09. The van der Waals surface area contributed by atoms with Gasteiger partial charge in [0.2, 0.25) is 0 Å². The normalized spacial score (nSPS) is 23.4. The molecule has 1 aliphatic rings. The van der Waals surface area contributed by atoms with Crippen LogP contribution in [0.4, 0.5) is 5.69 Å². The largest absolute Gasteiger partial charge is 0.366 e. The van der Waals surface area contributed by atoms with Crippen molar-refractivity contribution in [1.82, 2.24) is 5.32 Å². The van der Waals surface area contributed by atoms with Crippen LogP contribution in [0.2, 0.25) is 0 Å². The maximum Gasteiger partial charge on any atom is 0.0638 e. The highest BCUT2D eigenvalue weighted by molar-refractivity contribution is 5.56. The van der Waals surface area contributed by atoms with Crippen LogP contribution in [0.1, 0.15) is 38.7 Å². The monoisotopic (exact) mass is 257 g/mol. The lowest BCUT2D eigenvalue weighted by molar-refractivity contribution is 0.408. The Morgan fingerprint density at radius 3 is 2.84 bits per heavy atom. The molecule has 0 aliphatic carbocycles. The van der Waals surface area contributed by atoms with Gasteiger partial charge in [0.1, 0.15) is 0 Å². The summed E-state index contributed by atoms with van der Waals surface area (Å²) in [4.78, 5) is 2.45. The van der Waals surface area contributed by atoms with Crippen molar-refractivity contribution in [2.24, 2.45) is 0 Å². The molecule has 19 heavy (non-hydrogen) atoms. The second kappa shape index (κ2) is 6.08. The molecule has 2 rings (SSSR count). The van der Waals surface area contributed by atoms with E-state index in [-0.39, 0.29) is 6.04 Å². The van der Waals surface area contributed by atoms with E-state index in [1.165, 1.54) is 11.3 Å². The lowest BCUT2D eigenvalue weighted by Crippen LogP contribution is -2.55. The third kappa shape index (κ3) is 3.08. The zero-order chi connectivity index (χ0) is 13.8. The number of anilines is 1. The van der Waals surface area contributed by atoms with Gasteiger partial charge in [0.15, 0.2) is 0 Å².